The summed E-state index contributed by atoms with van der Waals surface area (Å²) < 4.78 is 4.26. The van der Waals surface area contributed by atoms with E-state index in [0.29, 0.717) is 12.2 Å². The molecule has 1 aromatic heterocycles. The SMILES string of the molecule is Br.CCN(CC)CCn1c(=N)n(Cc2ccc(-c3ccccc3)cc2)c2ccccc21. The number of para-hydroxylation sites is 2. The number of rotatable bonds is 8. The Balaban J connectivity index is 0.00000272. The van der Waals surface area contributed by atoms with E-state index in [4.69, 9.17) is 5.41 Å². The van der Waals surface area contributed by atoms with Crippen molar-refractivity contribution in [1.82, 2.24) is 14.0 Å². The zero-order chi connectivity index (χ0) is 20.9. The third-order valence-electron chi connectivity index (χ3n) is 5.91. The maximum atomic E-state index is 8.87. The van der Waals surface area contributed by atoms with Gasteiger partial charge in [-0.15, -0.1) is 17.0 Å². The highest BCUT2D eigenvalue weighted by molar-refractivity contribution is 8.93. The van der Waals surface area contributed by atoms with Crippen molar-refractivity contribution < 1.29 is 0 Å². The molecule has 4 aromatic rings. The normalized spacial score (nSPS) is 11.1. The van der Waals surface area contributed by atoms with Crippen molar-refractivity contribution in [1.29, 1.82) is 5.41 Å². The molecular weight excluding hydrogens is 448 g/mol. The Labute approximate surface area is 195 Å². The molecule has 0 spiro atoms. The first-order chi connectivity index (χ1) is 14.7. The van der Waals surface area contributed by atoms with E-state index < -0.39 is 0 Å². The fourth-order valence-electron chi connectivity index (χ4n) is 4.08. The number of imidazole rings is 1. The fraction of sp³-hybridized carbons (Fsp3) is 0.269. The van der Waals surface area contributed by atoms with E-state index in [9.17, 15) is 0 Å². The summed E-state index contributed by atoms with van der Waals surface area (Å²) >= 11 is 0. The van der Waals surface area contributed by atoms with Gasteiger partial charge in [0.05, 0.1) is 17.6 Å². The maximum absolute atomic E-state index is 8.87. The molecule has 0 aliphatic rings. The van der Waals surface area contributed by atoms with Gasteiger partial charge in [0.25, 0.3) is 0 Å². The Morgan fingerprint density at radius 3 is 1.87 bits per heavy atom. The Morgan fingerprint density at radius 1 is 0.710 bits per heavy atom. The van der Waals surface area contributed by atoms with Crippen molar-refractivity contribution in [2.45, 2.75) is 26.9 Å². The summed E-state index contributed by atoms with van der Waals surface area (Å²) in [7, 11) is 0. The molecular formula is C26H31BrN4. The van der Waals surface area contributed by atoms with Crippen LogP contribution < -0.4 is 5.62 Å². The predicted octanol–water partition coefficient (Wildman–Crippen LogP) is 5.56. The van der Waals surface area contributed by atoms with Gasteiger partial charge in [0, 0.05) is 13.1 Å². The summed E-state index contributed by atoms with van der Waals surface area (Å²) in [5, 5.41) is 8.87. The number of benzene rings is 3. The lowest BCUT2D eigenvalue weighted by atomic mass is 10.0. The third-order valence-corrected chi connectivity index (χ3v) is 5.91. The van der Waals surface area contributed by atoms with E-state index in [1.807, 2.05) is 6.07 Å². The minimum atomic E-state index is 0. The van der Waals surface area contributed by atoms with Crippen LogP contribution in [-0.4, -0.2) is 33.7 Å². The van der Waals surface area contributed by atoms with Crippen LogP contribution in [0.4, 0.5) is 0 Å². The molecule has 0 unspecified atom stereocenters. The number of nitrogens with one attached hydrogen (secondary N) is 1. The summed E-state index contributed by atoms with van der Waals surface area (Å²) in [4.78, 5) is 2.40. The molecule has 31 heavy (non-hydrogen) atoms. The lowest BCUT2D eigenvalue weighted by Gasteiger charge is -2.18. The molecule has 1 heterocycles. The van der Waals surface area contributed by atoms with E-state index in [1.54, 1.807) is 0 Å². The Bertz CT molecular complexity index is 1160. The Hall–Kier alpha value is -2.63. The molecule has 0 bridgehead atoms. The van der Waals surface area contributed by atoms with Crippen molar-refractivity contribution in [3.8, 4) is 11.1 Å². The number of hydrogen-bond donors (Lipinski definition) is 1. The molecule has 4 rings (SSSR count). The van der Waals surface area contributed by atoms with Crippen LogP contribution in [0, 0.1) is 5.41 Å². The van der Waals surface area contributed by atoms with Gasteiger partial charge in [-0.25, -0.2) is 0 Å². The first kappa shape index (κ1) is 23.0. The molecule has 3 aromatic carbocycles. The molecule has 1 N–H and O–H groups in total. The molecule has 0 atom stereocenters. The molecule has 0 saturated heterocycles. The third kappa shape index (κ3) is 5.00. The second kappa shape index (κ2) is 10.6. The van der Waals surface area contributed by atoms with Gasteiger partial charge < -0.3 is 14.0 Å². The van der Waals surface area contributed by atoms with E-state index in [1.165, 1.54) is 16.7 Å². The first-order valence-electron chi connectivity index (χ1n) is 10.8. The van der Waals surface area contributed by atoms with Crippen molar-refractivity contribution in [2.75, 3.05) is 19.6 Å². The maximum Gasteiger partial charge on any atom is 0.203 e. The zero-order valence-corrected chi connectivity index (χ0v) is 20.0. The molecule has 0 saturated carbocycles. The summed E-state index contributed by atoms with van der Waals surface area (Å²) in [5.74, 6) is 0. The van der Waals surface area contributed by atoms with Gasteiger partial charge >= 0.3 is 0 Å². The van der Waals surface area contributed by atoms with Gasteiger partial charge in [-0.2, -0.15) is 0 Å². The quantitative estimate of drug-likeness (QED) is 0.353. The number of nitrogens with zero attached hydrogens (tertiary/aromatic N) is 3. The van der Waals surface area contributed by atoms with Gasteiger partial charge in [0.15, 0.2) is 0 Å². The van der Waals surface area contributed by atoms with Gasteiger partial charge in [-0.05, 0) is 41.9 Å². The zero-order valence-electron chi connectivity index (χ0n) is 18.3. The highest BCUT2D eigenvalue weighted by Crippen LogP contribution is 2.20. The van der Waals surface area contributed by atoms with Gasteiger partial charge in [-0.3, -0.25) is 5.41 Å². The Morgan fingerprint density at radius 2 is 1.26 bits per heavy atom. The smallest absolute Gasteiger partial charge is 0.203 e. The van der Waals surface area contributed by atoms with E-state index in [0.717, 1.165) is 37.2 Å². The second-order valence-electron chi connectivity index (χ2n) is 7.64. The molecule has 5 heteroatoms. The minimum absolute atomic E-state index is 0. The molecule has 0 radical (unpaired) electrons. The summed E-state index contributed by atoms with van der Waals surface area (Å²) in [5.41, 5.74) is 6.48. The number of fused-ring (bicyclic) bond motifs is 1. The summed E-state index contributed by atoms with van der Waals surface area (Å²) in [6, 6.07) is 27.5. The van der Waals surface area contributed by atoms with Crippen LogP contribution in [-0.2, 0) is 13.1 Å². The lowest BCUT2D eigenvalue weighted by molar-refractivity contribution is 0.289. The molecule has 4 nitrogen and oxygen atoms in total. The number of halogens is 1. The fourth-order valence-corrected chi connectivity index (χ4v) is 4.08. The molecule has 162 valence electrons. The monoisotopic (exact) mass is 478 g/mol. The topological polar surface area (TPSA) is 37.0 Å². The standard InChI is InChI=1S/C26H30N4.BrH/c1-3-28(4-2)18-19-29-24-12-8-9-13-25(24)30(26(29)27)20-21-14-16-23(17-15-21)22-10-6-5-7-11-22;/h5-17,27H,3-4,18-20H2,1-2H3;1H. The van der Waals surface area contributed by atoms with Crippen molar-refractivity contribution in [2.24, 2.45) is 0 Å². The average Bonchev–Trinajstić information content (AvgIpc) is 3.07. The van der Waals surface area contributed by atoms with Crippen molar-refractivity contribution in [3.05, 3.63) is 90.0 Å². The van der Waals surface area contributed by atoms with Crippen LogP contribution in [0.25, 0.3) is 22.2 Å². The van der Waals surface area contributed by atoms with Crippen LogP contribution in [0.1, 0.15) is 19.4 Å². The molecule has 0 amide bonds. The number of likely N-dealkylation sites (N-methyl/N-ethyl adjacent to an activating group) is 1. The largest absolute Gasteiger partial charge is 0.309 e. The predicted molar refractivity (Wildman–Crippen MR) is 135 cm³/mol. The van der Waals surface area contributed by atoms with Crippen molar-refractivity contribution >= 4 is 28.0 Å². The van der Waals surface area contributed by atoms with E-state index >= 15 is 0 Å². The minimum Gasteiger partial charge on any atom is -0.309 e. The highest BCUT2D eigenvalue weighted by atomic mass is 79.9. The molecule has 0 aliphatic carbocycles. The van der Waals surface area contributed by atoms with E-state index in [2.05, 4.69) is 101 Å². The van der Waals surface area contributed by atoms with Crippen LogP contribution in [0.3, 0.4) is 0 Å². The van der Waals surface area contributed by atoms with Gasteiger partial charge in [0.1, 0.15) is 0 Å². The number of hydrogen-bond acceptors (Lipinski definition) is 2. The van der Waals surface area contributed by atoms with Gasteiger partial charge in [0.2, 0.25) is 5.62 Å². The lowest BCUT2D eigenvalue weighted by Crippen LogP contribution is -2.32. The summed E-state index contributed by atoms with van der Waals surface area (Å²) in [6.45, 7) is 8.96. The van der Waals surface area contributed by atoms with Gasteiger partial charge in [-0.1, -0.05) is 80.6 Å². The van der Waals surface area contributed by atoms with Crippen LogP contribution >= 0.6 is 17.0 Å². The van der Waals surface area contributed by atoms with Crippen LogP contribution in [0.15, 0.2) is 78.9 Å². The van der Waals surface area contributed by atoms with Crippen LogP contribution in [0.5, 0.6) is 0 Å². The average molecular weight is 479 g/mol. The van der Waals surface area contributed by atoms with E-state index in [-0.39, 0.29) is 17.0 Å². The van der Waals surface area contributed by atoms with Crippen LogP contribution in [0.2, 0.25) is 0 Å². The Kier molecular flexibility index (Phi) is 7.88. The van der Waals surface area contributed by atoms with Crippen molar-refractivity contribution in [3.63, 3.8) is 0 Å². The number of aromatic nitrogens is 2. The first-order valence-corrected chi connectivity index (χ1v) is 10.8. The molecule has 0 aliphatic heterocycles. The second-order valence-corrected chi connectivity index (χ2v) is 7.64. The molecule has 0 fully saturated rings. The highest BCUT2D eigenvalue weighted by Gasteiger charge is 2.12. The summed E-state index contributed by atoms with van der Waals surface area (Å²) in [6.07, 6.45) is 0.